The highest BCUT2D eigenvalue weighted by Gasteiger charge is 2.48. The molecule has 1 saturated heterocycles. The fourth-order valence-electron chi connectivity index (χ4n) is 2.30. The van der Waals surface area contributed by atoms with Crippen molar-refractivity contribution in [3.63, 3.8) is 0 Å². The van der Waals surface area contributed by atoms with Crippen LogP contribution in [0.4, 0.5) is 0 Å². The van der Waals surface area contributed by atoms with E-state index in [4.69, 9.17) is 23.7 Å². The Kier molecular flexibility index (Phi) is 6.76. The minimum Gasteiger partial charge on any atom is -0.463 e. The van der Waals surface area contributed by atoms with E-state index in [-0.39, 0.29) is 12.5 Å². The van der Waals surface area contributed by atoms with Gasteiger partial charge >= 0.3 is 17.9 Å². The maximum absolute atomic E-state index is 11.3. The lowest BCUT2D eigenvalue weighted by Crippen LogP contribution is -2.58. The van der Waals surface area contributed by atoms with Crippen LogP contribution in [0.1, 0.15) is 27.7 Å². The third kappa shape index (κ3) is 4.96. The van der Waals surface area contributed by atoms with E-state index >= 15 is 0 Å². The number of hydrogen-bond donors (Lipinski definition) is 0. The van der Waals surface area contributed by atoms with E-state index in [1.54, 1.807) is 6.92 Å². The van der Waals surface area contributed by atoms with Crippen molar-refractivity contribution in [1.29, 1.82) is 0 Å². The number of ether oxygens (including phenoxy) is 5. The van der Waals surface area contributed by atoms with E-state index in [0.717, 1.165) is 0 Å². The van der Waals surface area contributed by atoms with Crippen LogP contribution in [-0.2, 0) is 38.1 Å². The summed E-state index contributed by atoms with van der Waals surface area (Å²) in [6.07, 6.45) is -3.13. The van der Waals surface area contributed by atoms with E-state index < -0.39 is 42.5 Å². The van der Waals surface area contributed by atoms with Crippen LogP contribution in [0.15, 0.2) is 0 Å². The molecular weight excluding hydrogens is 296 g/mol. The molecule has 8 nitrogen and oxygen atoms in total. The summed E-state index contributed by atoms with van der Waals surface area (Å²) in [4.78, 5) is 33.5. The van der Waals surface area contributed by atoms with Crippen LogP contribution in [0.5, 0.6) is 0 Å². The van der Waals surface area contributed by atoms with Gasteiger partial charge in [0.1, 0.15) is 18.8 Å². The van der Waals surface area contributed by atoms with Crippen molar-refractivity contribution in [3.8, 4) is 0 Å². The van der Waals surface area contributed by atoms with Gasteiger partial charge in [0.15, 0.2) is 12.4 Å². The number of esters is 3. The Labute approximate surface area is 129 Å². The van der Waals surface area contributed by atoms with Gasteiger partial charge in [-0.1, -0.05) is 6.92 Å². The van der Waals surface area contributed by atoms with Crippen LogP contribution in [0.25, 0.3) is 0 Å². The molecule has 0 aromatic heterocycles. The molecule has 0 N–H and O–H groups in total. The van der Waals surface area contributed by atoms with E-state index in [9.17, 15) is 14.4 Å². The zero-order valence-corrected chi connectivity index (χ0v) is 13.4. The molecule has 0 spiro atoms. The molecule has 1 rings (SSSR count). The highest BCUT2D eigenvalue weighted by Crippen LogP contribution is 2.31. The highest BCUT2D eigenvalue weighted by molar-refractivity contribution is 5.67. The van der Waals surface area contributed by atoms with Crippen molar-refractivity contribution in [3.05, 3.63) is 0 Å². The highest BCUT2D eigenvalue weighted by atomic mass is 16.7. The van der Waals surface area contributed by atoms with Gasteiger partial charge in [-0.25, -0.2) is 0 Å². The van der Waals surface area contributed by atoms with Crippen molar-refractivity contribution in [2.24, 2.45) is 5.92 Å². The molecule has 5 atom stereocenters. The predicted octanol–water partition coefficient (Wildman–Crippen LogP) is 0.420. The van der Waals surface area contributed by atoms with Gasteiger partial charge in [-0.3, -0.25) is 14.4 Å². The van der Waals surface area contributed by atoms with Crippen molar-refractivity contribution in [1.82, 2.24) is 0 Å². The third-order valence-corrected chi connectivity index (χ3v) is 3.29. The molecule has 1 heterocycles. The Bertz CT molecular complexity index is 421. The molecule has 0 bridgehead atoms. The lowest BCUT2D eigenvalue weighted by atomic mass is 9.90. The van der Waals surface area contributed by atoms with E-state index in [1.807, 2.05) is 0 Å². The standard InChI is InChI=1S/C14H22O8/c1-7-11(6-19-8(2)15)22-14(18-5)13(21-10(4)17)12(7)20-9(3)16/h7,11-14H,6H2,1-5H3/t7-,11?,12?,13+,14+/m1/s1. The number of carbonyl (C=O) groups is 3. The summed E-state index contributed by atoms with van der Waals surface area (Å²) < 4.78 is 26.2. The molecule has 22 heavy (non-hydrogen) atoms. The van der Waals surface area contributed by atoms with Crippen LogP contribution in [0.3, 0.4) is 0 Å². The topological polar surface area (TPSA) is 97.4 Å². The second kappa shape index (κ2) is 8.09. The maximum atomic E-state index is 11.3. The summed E-state index contributed by atoms with van der Waals surface area (Å²) in [7, 11) is 1.38. The minimum atomic E-state index is -0.926. The molecule has 0 aliphatic carbocycles. The Morgan fingerprint density at radius 3 is 1.95 bits per heavy atom. The van der Waals surface area contributed by atoms with Crippen molar-refractivity contribution < 1.29 is 38.1 Å². The molecule has 1 aliphatic rings. The SMILES string of the molecule is CO[C@H]1OC(COC(C)=O)[C@@H](C)C(OC(C)=O)[C@@H]1OC(C)=O. The summed E-state index contributed by atoms with van der Waals surface area (Å²) in [6.45, 7) is 5.53. The van der Waals surface area contributed by atoms with Crippen LogP contribution in [0.2, 0.25) is 0 Å². The lowest BCUT2D eigenvalue weighted by Gasteiger charge is -2.43. The molecule has 0 amide bonds. The summed E-state index contributed by atoms with van der Waals surface area (Å²) in [5.74, 6) is -1.87. The van der Waals surface area contributed by atoms with E-state index in [2.05, 4.69) is 0 Å². The molecule has 1 aliphatic heterocycles. The fourth-order valence-corrected chi connectivity index (χ4v) is 2.30. The first kappa shape index (κ1) is 18.4. The van der Waals surface area contributed by atoms with Crippen LogP contribution < -0.4 is 0 Å². The Hall–Kier alpha value is -1.67. The van der Waals surface area contributed by atoms with Crippen molar-refractivity contribution in [2.75, 3.05) is 13.7 Å². The second-order valence-electron chi connectivity index (χ2n) is 5.09. The number of methoxy groups -OCH3 is 1. The summed E-state index contributed by atoms with van der Waals surface area (Å²) in [6, 6.07) is 0. The van der Waals surface area contributed by atoms with Gasteiger partial charge in [0.05, 0.1) is 0 Å². The summed E-state index contributed by atoms with van der Waals surface area (Å²) >= 11 is 0. The van der Waals surface area contributed by atoms with Gasteiger partial charge in [-0.2, -0.15) is 0 Å². The molecule has 0 saturated carbocycles. The smallest absolute Gasteiger partial charge is 0.303 e. The van der Waals surface area contributed by atoms with E-state index in [0.29, 0.717) is 0 Å². The zero-order valence-electron chi connectivity index (χ0n) is 13.4. The van der Waals surface area contributed by atoms with Crippen molar-refractivity contribution >= 4 is 17.9 Å². The third-order valence-electron chi connectivity index (χ3n) is 3.29. The molecule has 1 fully saturated rings. The Morgan fingerprint density at radius 1 is 0.955 bits per heavy atom. The van der Waals surface area contributed by atoms with E-state index in [1.165, 1.54) is 27.9 Å². The molecule has 0 aromatic carbocycles. The molecule has 8 heteroatoms. The second-order valence-corrected chi connectivity index (χ2v) is 5.09. The average molecular weight is 318 g/mol. The van der Waals surface area contributed by atoms with Crippen LogP contribution in [-0.4, -0.2) is 56.2 Å². The molecular formula is C14H22O8. The van der Waals surface area contributed by atoms with Crippen molar-refractivity contribution in [2.45, 2.75) is 52.3 Å². The Balaban J connectivity index is 2.95. The monoisotopic (exact) mass is 318 g/mol. The zero-order chi connectivity index (χ0) is 16.9. The largest absolute Gasteiger partial charge is 0.463 e. The first-order valence-corrected chi connectivity index (χ1v) is 6.92. The van der Waals surface area contributed by atoms with Gasteiger partial charge in [0.2, 0.25) is 0 Å². The van der Waals surface area contributed by atoms with Gasteiger partial charge in [-0.15, -0.1) is 0 Å². The van der Waals surface area contributed by atoms with Gasteiger partial charge < -0.3 is 23.7 Å². The molecule has 126 valence electrons. The predicted molar refractivity (Wildman–Crippen MR) is 72.6 cm³/mol. The number of hydrogen-bond acceptors (Lipinski definition) is 8. The molecule has 2 unspecified atom stereocenters. The first-order chi connectivity index (χ1) is 10.3. The fraction of sp³-hybridized carbons (Fsp3) is 0.786. The Morgan fingerprint density at radius 2 is 1.50 bits per heavy atom. The lowest BCUT2D eigenvalue weighted by molar-refractivity contribution is -0.288. The maximum Gasteiger partial charge on any atom is 0.303 e. The number of rotatable bonds is 5. The van der Waals surface area contributed by atoms with Gasteiger partial charge in [0.25, 0.3) is 0 Å². The summed E-state index contributed by atoms with van der Waals surface area (Å²) in [5, 5.41) is 0. The van der Waals surface area contributed by atoms with Crippen LogP contribution >= 0.6 is 0 Å². The van der Waals surface area contributed by atoms with Crippen LogP contribution in [0, 0.1) is 5.92 Å². The number of carbonyl (C=O) groups excluding carboxylic acids is 3. The quantitative estimate of drug-likeness (QED) is 0.531. The minimum absolute atomic E-state index is 0.0130. The van der Waals surface area contributed by atoms with Gasteiger partial charge in [0, 0.05) is 33.8 Å². The molecule has 0 radical (unpaired) electrons. The molecule has 0 aromatic rings. The first-order valence-electron chi connectivity index (χ1n) is 6.92. The van der Waals surface area contributed by atoms with Gasteiger partial charge in [-0.05, 0) is 0 Å². The average Bonchev–Trinajstić information content (AvgIpc) is 2.41. The summed E-state index contributed by atoms with van der Waals surface area (Å²) in [5.41, 5.74) is 0. The normalized spacial score (nSPS) is 31.2.